The van der Waals surface area contributed by atoms with E-state index in [1.165, 1.54) is 17.4 Å². The Morgan fingerprint density at radius 3 is 2.71 bits per heavy atom. The lowest BCUT2D eigenvalue weighted by Gasteiger charge is -2.02. The van der Waals surface area contributed by atoms with Crippen molar-refractivity contribution in [2.24, 2.45) is 0 Å². The molecule has 0 atom stereocenters. The van der Waals surface area contributed by atoms with Gasteiger partial charge in [0.1, 0.15) is 0 Å². The number of hydrogen-bond acceptors (Lipinski definition) is 3. The first-order chi connectivity index (χ1) is 8.06. The summed E-state index contributed by atoms with van der Waals surface area (Å²) in [5.74, 6) is -0.252. The Morgan fingerprint density at radius 2 is 2.12 bits per heavy atom. The molecule has 0 fully saturated rings. The molecular weight excluding hydrogens is 279 g/mol. The van der Waals surface area contributed by atoms with E-state index in [1.807, 2.05) is 12.3 Å². The van der Waals surface area contributed by atoms with Gasteiger partial charge in [0.05, 0.1) is 15.7 Å². The van der Waals surface area contributed by atoms with E-state index < -0.39 is 0 Å². The number of nitrogens with one attached hydrogen (secondary N) is 1. The highest BCUT2D eigenvalue weighted by Crippen LogP contribution is 2.23. The number of aryl methyl sites for hydroxylation is 1. The van der Waals surface area contributed by atoms with Crippen LogP contribution in [-0.2, 0) is 0 Å². The van der Waals surface area contributed by atoms with Gasteiger partial charge in [-0.05, 0) is 25.1 Å². The number of hydrogen-bond donors (Lipinski definition) is 1. The van der Waals surface area contributed by atoms with E-state index in [0.29, 0.717) is 20.7 Å². The van der Waals surface area contributed by atoms with Gasteiger partial charge in [0.25, 0.3) is 5.91 Å². The fourth-order valence-corrected chi connectivity index (χ4v) is 2.20. The van der Waals surface area contributed by atoms with E-state index in [1.54, 1.807) is 12.1 Å². The summed E-state index contributed by atoms with van der Waals surface area (Å²) in [7, 11) is 0. The summed E-state index contributed by atoms with van der Waals surface area (Å²) in [5.41, 5.74) is 1.33. The lowest BCUT2D eigenvalue weighted by atomic mass is 10.2. The molecule has 2 rings (SSSR count). The molecule has 88 valence electrons. The van der Waals surface area contributed by atoms with Crippen molar-refractivity contribution in [2.45, 2.75) is 6.92 Å². The second-order valence-electron chi connectivity index (χ2n) is 3.38. The maximum absolute atomic E-state index is 11.8. The number of thiazole rings is 1. The van der Waals surface area contributed by atoms with Crippen molar-refractivity contribution >= 4 is 45.6 Å². The molecule has 0 saturated carbocycles. The largest absolute Gasteiger partial charge is 0.298 e. The van der Waals surface area contributed by atoms with Crippen molar-refractivity contribution in [2.75, 3.05) is 5.32 Å². The summed E-state index contributed by atoms with van der Waals surface area (Å²) in [6.45, 7) is 1.87. The van der Waals surface area contributed by atoms with E-state index in [2.05, 4.69) is 10.3 Å². The lowest BCUT2D eigenvalue weighted by molar-refractivity contribution is 0.102. The number of carbonyl (C=O) groups excluding carboxylic acids is 1. The summed E-state index contributed by atoms with van der Waals surface area (Å²) < 4.78 is 0. The van der Waals surface area contributed by atoms with Crippen LogP contribution in [0.1, 0.15) is 16.1 Å². The number of amides is 1. The summed E-state index contributed by atoms with van der Waals surface area (Å²) in [6.07, 6.45) is 0. The highest BCUT2D eigenvalue weighted by atomic mass is 35.5. The van der Waals surface area contributed by atoms with Crippen LogP contribution in [0.4, 0.5) is 5.13 Å². The van der Waals surface area contributed by atoms with Gasteiger partial charge in [0.15, 0.2) is 5.13 Å². The molecule has 17 heavy (non-hydrogen) atoms. The first kappa shape index (κ1) is 12.4. The van der Waals surface area contributed by atoms with Gasteiger partial charge < -0.3 is 0 Å². The Labute approximate surface area is 112 Å². The summed E-state index contributed by atoms with van der Waals surface area (Å²) in [4.78, 5) is 16.0. The smallest absolute Gasteiger partial charge is 0.257 e. The van der Waals surface area contributed by atoms with Gasteiger partial charge in [0, 0.05) is 10.9 Å². The van der Waals surface area contributed by atoms with E-state index in [-0.39, 0.29) is 5.91 Å². The standard InChI is InChI=1S/C11H8Cl2N2OS/c1-6-5-17-11(14-6)15-10(16)7-2-3-8(12)9(13)4-7/h2-5H,1H3,(H,14,15,16). The van der Waals surface area contributed by atoms with Gasteiger partial charge in [-0.1, -0.05) is 23.2 Å². The molecule has 0 bridgehead atoms. The Hall–Kier alpha value is -1.10. The van der Waals surface area contributed by atoms with E-state index in [0.717, 1.165) is 5.69 Å². The number of benzene rings is 1. The molecule has 0 saturated heterocycles. The Kier molecular flexibility index (Phi) is 3.66. The van der Waals surface area contributed by atoms with Crippen LogP contribution in [0.15, 0.2) is 23.6 Å². The van der Waals surface area contributed by atoms with Crippen LogP contribution < -0.4 is 5.32 Å². The SMILES string of the molecule is Cc1csc(NC(=O)c2ccc(Cl)c(Cl)c2)n1. The second-order valence-corrected chi connectivity index (χ2v) is 5.05. The van der Waals surface area contributed by atoms with Gasteiger partial charge >= 0.3 is 0 Å². The molecule has 1 aromatic carbocycles. The minimum absolute atomic E-state index is 0.252. The van der Waals surface area contributed by atoms with Crippen molar-refractivity contribution in [3.63, 3.8) is 0 Å². The summed E-state index contributed by atoms with van der Waals surface area (Å²) in [6, 6.07) is 4.73. The normalized spacial score (nSPS) is 10.3. The molecular formula is C11H8Cl2N2OS. The van der Waals surface area contributed by atoms with Crippen LogP contribution in [0.2, 0.25) is 10.0 Å². The van der Waals surface area contributed by atoms with Crippen LogP contribution in [0, 0.1) is 6.92 Å². The van der Waals surface area contributed by atoms with E-state index in [9.17, 15) is 4.79 Å². The van der Waals surface area contributed by atoms with Crippen molar-refractivity contribution in [1.82, 2.24) is 4.98 Å². The molecule has 0 spiro atoms. The summed E-state index contributed by atoms with van der Waals surface area (Å²) in [5, 5.41) is 5.91. The number of carbonyl (C=O) groups is 1. The zero-order valence-electron chi connectivity index (χ0n) is 8.83. The molecule has 3 nitrogen and oxygen atoms in total. The van der Waals surface area contributed by atoms with Crippen LogP contribution in [0.3, 0.4) is 0 Å². The van der Waals surface area contributed by atoms with E-state index >= 15 is 0 Å². The number of nitrogens with zero attached hydrogens (tertiary/aromatic N) is 1. The average molecular weight is 287 g/mol. The zero-order chi connectivity index (χ0) is 12.4. The van der Waals surface area contributed by atoms with Crippen molar-refractivity contribution in [3.05, 3.63) is 44.9 Å². The van der Waals surface area contributed by atoms with Crippen molar-refractivity contribution in [3.8, 4) is 0 Å². The molecule has 6 heteroatoms. The predicted molar refractivity (Wildman–Crippen MR) is 71.3 cm³/mol. The molecule has 0 unspecified atom stereocenters. The highest BCUT2D eigenvalue weighted by Gasteiger charge is 2.09. The van der Waals surface area contributed by atoms with Gasteiger partial charge in [-0.2, -0.15) is 0 Å². The van der Waals surface area contributed by atoms with Crippen LogP contribution in [-0.4, -0.2) is 10.9 Å². The van der Waals surface area contributed by atoms with Crippen LogP contribution in [0.5, 0.6) is 0 Å². The minimum atomic E-state index is -0.252. The maximum Gasteiger partial charge on any atom is 0.257 e. The Morgan fingerprint density at radius 1 is 1.35 bits per heavy atom. The molecule has 1 N–H and O–H groups in total. The van der Waals surface area contributed by atoms with Crippen LogP contribution >= 0.6 is 34.5 Å². The van der Waals surface area contributed by atoms with Crippen molar-refractivity contribution < 1.29 is 4.79 Å². The molecule has 1 aromatic heterocycles. The highest BCUT2D eigenvalue weighted by molar-refractivity contribution is 7.13. The monoisotopic (exact) mass is 286 g/mol. The molecule has 0 aliphatic carbocycles. The Bertz CT molecular complexity index is 568. The number of halogens is 2. The van der Waals surface area contributed by atoms with Gasteiger partial charge in [-0.15, -0.1) is 11.3 Å². The fourth-order valence-electron chi connectivity index (χ4n) is 1.22. The number of anilines is 1. The van der Waals surface area contributed by atoms with Gasteiger partial charge in [-0.3, -0.25) is 10.1 Å². The Balaban J connectivity index is 2.17. The van der Waals surface area contributed by atoms with Gasteiger partial charge in [0.2, 0.25) is 0 Å². The third-order valence-corrected chi connectivity index (χ3v) is 3.64. The third kappa shape index (κ3) is 2.97. The summed E-state index contributed by atoms with van der Waals surface area (Å²) >= 11 is 13.0. The quantitative estimate of drug-likeness (QED) is 0.906. The molecule has 1 heterocycles. The molecule has 1 amide bonds. The van der Waals surface area contributed by atoms with Gasteiger partial charge in [-0.25, -0.2) is 4.98 Å². The molecule has 0 aliphatic heterocycles. The maximum atomic E-state index is 11.8. The lowest BCUT2D eigenvalue weighted by Crippen LogP contribution is -2.11. The topological polar surface area (TPSA) is 42.0 Å². The fraction of sp³-hybridized carbons (Fsp3) is 0.0909. The second kappa shape index (κ2) is 5.04. The zero-order valence-corrected chi connectivity index (χ0v) is 11.2. The third-order valence-electron chi connectivity index (χ3n) is 2.02. The molecule has 2 aromatic rings. The first-order valence-corrected chi connectivity index (χ1v) is 6.38. The minimum Gasteiger partial charge on any atom is -0.298 e. The number of rotatable bonds is 2. The predicted octanol–water partition coefficient (Wildman–Crippen LogP) is 4.01. The molecule has 0 aliphatic rings. The average Bonchev–Trinajstić information content (AvgIpc) is 2.68. The van der Waals surface area contributed by atoms with Crippen molar-refractivity contribution in [1.29, 1.82) is 0 Å². The first-order valence-electron chi connectivity index (χ1n) is 4.75. The van der Waals surface area contributed by atoms with Crippen LogP contribution in [0.25, 0.3) is 0 Å². The number of aromatic nitrogens is 1. The molecule has 0 radical (unpaired) electrons. The van der Waals surface area contributed by atoms with E-state index in [4.69, 9.17) is 23.2 Å².